The van der Waals surface area contributed by atoms with E-state index in [1.807, 2.05) is 13.8 Å². The molecule has 2 rings (SSSR count). The maximum atomic E-state index is 12.5. The fraction of sp³-hybridized carbons (Fsp3) is 0.375. The molecule has 1 heterocycles. The number of benzene rings is 1. The first-order valence-corrected chi connectivity index (χ1v) is 8.98. The van der Waals surface area contributed by atoms with Crippen LogP contribution < -0.4 is 4.72 Å². The van der Waals surface area contributed by atoms with Gasteiger partial charge in [-0.3, -0.25) is 9.89 Å². The second-order valence-electron chi connectivity index (χ2n) is 5.96. The Balaban J connectivity index is 2.36. The van der Waals surface area contributed by atoms with Gasteiger partial charge in [0.05, 0.1) is 10.6 Å². The molecule has 0 saturated carbocycles. The number of rotatable bonds is 6. The number of hydrogen-bond donors (Lipinski definition) is 3. The lowest BCUT2D eigenvalue weighted by Gasteiger charge is -2.16. The van der Waals surface area contributed by atoms with Crippen LogP contribution in [0.5, 0.6) is 0 Å². The molecule has 0 fully saturated rings. The quantitative estimate of drug-likeness (QED) is 0.739. The Labute approximate surface area is 141 Å². The van der Waals surface area contributed by atoms with E-state index in [-0.39, 0.29) is 10.8 Å². The van der Waals surface area contributed by atoms with E-state index in [2.05, 4.69) is 14.9 Å². The van der Waals surface area contributed by atoms with Crippen molar-refractivity contribution in [1.82, 2.24) is 14.9 Å². The maximum Gasteiger partial charge on any atom is 0.326 e. The number of nitrogens with one attached hydrogen (secondary N) is 2. The molecule has 8 heteroatoms. The number of nitrogens with zero attached hydrogens (tertiary/aromatic N) is 1. The van der Waals surface area contributed by atoms with Gasteiger partial charge in [-0.15, -0.1) is 0 Å². The van der Waals surface area contributed by atoms with E-state index in [4.69, 9.17) is 0 Å². The van der Waals surface area contributed by atoms with Crippen LogP contribution in [0.4, 0.5) is 0 Å². The van der Waals surface area contributed by atoms with Crippen LogP contribution in [0.2, 0.25) is 0 Å². The van der Waals surface area contributed by atoms with E-state index < -0.39 is 22.0 Å². The van der Waals surface area contributed by atoms with Gasteiger partial charge < -0.3 is 5.11 Å². The summed E-state index contributed by atoms with van der Waals surface area (Å²) in [4.78, 5) is 11.6. The molecule has 0 aliphatic rings. The van der Waals surface area contributed by atoms with E-state index in [1.54, 1.807) is 26.0 Å². The Kier molecular flexibility index (Phi) is 5.10. The summed E-state index contributed by atoms with van der Waals surface area (Å²) in [6, 6.07) is 5.00. The third kappa shape index (κ3) is 3.65. The highest BCUT2D eigenvalue weighted by Gasteiger charge is 2.30. The van der Waals surface area contributed by atoms with E-state index in [9.17, 15) is 18.3 Å². The third-order valence-electron chi connectivity index (χ3n) is 3.85. The summed E-state index contributed by atoms with van der Waals surface area (Å²) in [5.74, 6) is -1.01. The molecule has 1 aromatic heterocycles. The van der Waals surface area contributed by atoms with Crippen molar-refractivity contribution in [1.29, 1.82) is 0 Å². The smallest absolute Gasteiger partial charge is 0.326 e. The Bertz CT molecular complexity index is 819. The second kappa shape index (κ2) is 6.74. The molecule has 2 aromatic rings. The molecule has 0 aliphatic carbocycles. The number of aliphatic carboxylic acids is 1. The average molecular weight is 351 g/mol. The Hall–Kier alpha value is -2.19. The van der Waals surface area contributed by atoms with E-state index in [1.165, 1.54) is 12.1 Å². The lowest BCUT2D eigenvalue weighted by Crippen LogP contribution is -2.34. The molecular weight excluding hydrogens is 330 g/mol. The fourth-order valence-electron chi connectivity index (χ4n) is 2.47. The summed E-state index contributed by atoms with van der Waals surface area (Å²) in [5.41, 5.74) is 2.28. The number of carboxylic acid groups (broad SMARTS) is 1. The van der Waals surface area contributed by atoms with Crippen molar-refractivity contribution < 1.29 is 18.3 Å². The number of hydrogen-bond acceptors (Lipinski definition) is 4. The lowest BCUT2D eigenvalue weighted by molar-refractivity contribution is -0.139. The highest BCUT2D eigenvalue weighted by molar-refractivity contribution is 7.89. The molecule has 0 aliphatic heterocycles. The van der Waals surface area contributed by atoms with E-state index in [0.717, 1.165) is 5.56 Å². The highest BCUT2D eigenvalue weighted by atomic mass is 32.2. The first-order chi connectivity index (χ1) is 11.1. The first kappa shape index (κ1) is 18.2. The zero-order valence-corrected chi connectivity index (χ0v) is 14.8. The minimum atomic E-state index is -3.98. The molecule has 1 aromatic carbocycles. The van der Waals surface area contributed by atoms with E-state index in [0.29, 0.717) is 17.0 Å². The van der Waals surface area contributed by atoms with E-state index >= 15 is 0 Å². The predicted octanol–water partition coefficient (Wildman–Crippen LogP) is 2.25. The molecule has 0 bridgehead atoms. The zero-order chi connectivity index (χ0) is 18.1. The molecule has 0 saturated heterocycles. The second-order valence-corrected chi connectivity index (χ2v) is 7.68. The predicted molar refractivity (Wildman–Crippen MR) is 89.3 cm³/mol. The highest BCUT2D eigenvalue weighted by Crippen LogP contribution is 2.23. The van der Waals surface area contributed by atoms with Gasteiger partial charge >= 0.3 is 5.97 Å². The monoisotopic (exact) mass is 351 g/mol. The number of aromatic amines is 1. The molecule has 7 nitrogen and oxygen atoms in total. The Morgan fingerprint density at radius 2 is 1.79 bits per heavy atom. The largest absolute Gasteiger partial charge is 0.480 e. The SMILES string of the molecule is Cc1n[nH]c(C)c1[C@H](NS(=O)(=O)c1ccc(C(C)C)cc1)C(=O)O. The normalized spacial score (nSPS) is 13.2. The van der Waals surface area contributed by atoms with Crippen LogP contribution in [0.3, 0.4) is 0 Å². The van der Waals surface area contributed by atoms with Gasteiger partial charge in [-0.2, -0.15) is 9.82 Å². The van der Waals surface area contributed by atoms with Crippen LogP contribution in [0.15, 0.2) is 29.2 Å². The molecule has 1 atom stereocenters. The summed E-state index contributed by atoms with van der Waals surface area (Å²) in [6.45, 7) is 7.29. The molecule has 0 amide bonds. The van der Waals surface area contributed by atoms with Crippen molar-refractivity contribution in [2.45, 2.75) is 44.6 Å². The molecule has 130 valence electrons. The maximum absolute atomic E-state index is 12.5. The molecule has 24 heavy (non-hydrogen) atoms. The van der Waals surface area contributed by atoms with Crippen LogP contribution in [0.25, 0.3) is 0 Å². The number of carbonyl (C=O) groups is 1. The Morgan fingerprint density at radius 3 is 2.21 bits per heavy atom. The molecule has 0 radical (unpaired) electrons. The minimum Gasteiger partial charge on any atom is -0.480 e. The molecule has 0 spiro atoms. The van der Waals surface area contributed by atoms with Gasteiger partial charge in [-0.05, 0) is 37.5 Å². The molecule has 0 unspecified atom stereocenters. The summed E-state index contributed by atoms with van der Waals surface area (Å²) in [5, 5.41) is 16.1. The number of sulfonamides is 1. The van der Waals surface area contributed by atoms with Crippen LogP contribution in [0.1, 0.15) is 48.3 Å². The van der Waals surface area contributed by atoms with Gasteiger partial charge in [0.25, 0.3) is 0 Å². The number of H-pyrrole nitrogens is 1. The first-order valence-electron chi connectivity index (χ1n) is 7.50. The summed E-state index contributed by atoms with van der Waals surface area (Å²) in [7, 11) is -3.98. The van der Waals surface area contributed by atoms with Crippen LogP contribution >= 0.6 is 0 Å². The van der Waals surface area contributed by atoms with Crippen LogP contribution in [-0.2, 0) is 14.8 Å². The van der Waals surface area contributed by atoms with Crippen molar-refractivity contribution in [2.24, 2.45) is 0 Å². The summed E-state index contributed by atoms with van der Waals surface area (Å²) >= 11 is 0. The van der Waals surface area contributed by atoms with Gasteiger partial charge in [-0.1, -0.05) is 26.0 Å². The van der Waals surface area contributed by atoms with Crippen molar-refractivity contribution in [3.63, 3.8) is 0 Å². The molecular formula is C16H21N3O4S. The number of carboxylic acids is 1. The van der Waals surface area contributed by atoms with Crippen LogP contribution in [0, 0.1) is 13.8 Å². The minimum absolute atomic E-state index is 0.0250. The number of aromatic nitrogens is 2. The molecule has 3 N–H and O–H groups in total. The van der Waals surface area contributed by atoms with Gasteiger partial charge in [0, 0.05) is 11.3 Å². The van der Waals surface area contributed by atoms with Crippen molar-refractivity contribution >= 4 is 16.0 Å². The standard InChI is InChI=1S/C16H21N3O4S/c1-9(2)12-5-7-13(8-6-12)24(22,23)19-15(16(20)21)14-10(3)17-18-11(14)4/h5-9,15,19H,1-4H3,(H,17,18)(H,20,21)/t15-/m0/s1. The van der Waals surface area contributed by atoms with Crippen molar-refractivity contribution in [2.75, 3.05) is 0 Å². The topological polar surface area (TPSA) is 112 Å². The average Bonchev–Trinajstić information content (AvgIpc) is 2.84. The van der Waals surface area contributed by atoms with Crippen molar-refractivity contribution in [3.8, 4) is 0 Å². The van der Waals surface area contributed by atoms with Gasteiger partial charge in [0.15, 0.2) is 0 Å². The zero-order valence-electron chi connectivity index (χ0n) is 14.0. The van der Waals surface area contributed by atoms with Crippen LogP contribution in [-0.4, -0.2) is 29.7 Å². The third-order valence-corrected chi connectivity index (χ3v) is 5.29. The Morgan fingerprint density at radius 1 is 1.21 bits per heavy atom. The van der Waals surface area contributed by atoms with Crippen molar-refractivity contribution in [3.05, 3.63) is 46.8 Å². The fourth-order valence-corrected chi connectivity index (χ4v) is 3.63. The lowest BCUT2D eigenvalue weighted by atomic mass is 10.0. The summed E-state index contributed by atoms with van der Waals surface area (Å²) in [6.07, 6.45) is 0. The summed E-state index contributed by atoms with van der Waals surface area (Å²) < 4.78 is 27.3. The van der Waals surface area contributed by atoms with Gasteiger partial charge in [-0.25, -0.2) is 8.42 Å². The van der Waals surface area contributed by atoms with Gasteiger partial charge in [0.1, 0.15) is 6.04 Å². The number of aryl methyl sites for hydroxylation is 2. The van der Waals surface area contributed by atoms with Gasteiger partial charge in [0.2, 0.25) is 10.0 Å².